The fourth-order valence-corrected chi connectivity index (χ4v) is 6.81. The lowest BCUT2D eigenvalue weighted by molar-refractivity contribution is -0.114. The number of carbonyl (C=O) groups excluding carboxylic acids is 1. The lowest BCUT2D eigenvalue weighted by Crippen LogP contribution is -2.07. The summed E-state index contributed by atoms with van der Waals surface area (Å²) in [5.41, 5.74) is 6.82. The predicted molar refractivity (Wildman–Crippen MR) is 151 cm³/mol. The zero-order valence-corrected chi connectivity index (χ0v) is 24.1. The highest BCUT2D eigenvalue weighted by Gasteiger charge is 2.26. The van der Waals surface area contributed by atoms with Crippen LogP contribution in [-0.2, 0) is 35.1 Å². The summed E-state index contributed by atoms with van der Waals surface area (Å²) in [6.07, 6.45) is 0. The molecule has 1 heterocycles. The van der Waals surface area contributed by atoms with Gasteiger partial charge in [-0.25, -0.2) is 0 Å². The van der Waals surface area contributed by atoms with E-state index in [1.54, 1.807) is 24.3 Å². The summed E-state index contributed by atoms with van der Waals surface area (Å²) in [5, 5.41) is 19.1. The number of nitrogens with one attached hydrogen (secondary N) is 1. The summed E-state index contributed by atoms with van der Waals surface area (Å²) in [7, 11) is -15.5. The molecule has 0 spiro atoms. The van der Waals surface area contributed by atoms with Crippen molar-refractivity contribution in [2.45, 2.75) is 21.6 Å². The molecule has 0 radical (unpaired) electrons. The van der Waals surface area contributed by atoms with Crippen molar-refractivity contribution < 1.29 is 43.7 Å². The van der Waals surface area contributed by atoms with Crippen molar-refractivity contribution >= 4 is 79.7 Å². The number of hydrogen-bond donors (Lipinski definition) is 5. The Balaban J connectivity index is 1.95. The molecule has 19 heteroatoms. The summed E-state index contributed by atoms with van der Waals surface area (Å²) in [6.45, 7) is 1.33. The van der Waals surface area contributed by atoms with Crippen molar-refractivity contribution in [1.29, 1.82) is 5.26 Å². The molecular weight excluding hydrogens is 635 g/mol. The molecule has 0 atom stereocenters. The first-order valence-corrected chi connectivity index (χ1v) is 16.2. The molecule has 0 bridgehead atoms. The van der Waals surface area contributed by atoms with Gasteiger partial charge in [0.25, 0.3) is 30.4 Å². The molecule has 4 aromatic rings. The standard InChI is InChI=1S/C23H17N5O10S4/c1-11(29)26-13-4-2-12(3-5-13)21-18(10-24)22(25)39-23(21)28-27-14-6-16-17(19(7-14)41(33,34)35)8-15(40(30,31)32)9-20(16)42(36,37)38/h2-9H,25H2,1H3,(H,26,29)(H,30,31,32)(H,33,34,35)(H,36,37,38). The first kappa shape index (κ1) is 30.7. The van der Waals surface area contributed by atoms with E-state index in [2.05, 4.69) is 15.5 Å². The third-order valence-corrected chi connectivity index (χ3v) is 9.11. The number of benzene rings is 3. The van der Waals surface area contributed by atoms with Crippen LogP contribution in [-0.4, -0.2) is 44.8 Å². The van der Waals surface area contributed by atoms with E-state index >= 15 is 0 Å². The molecule has 15 nitrogen and oxygen atoms in total. The number of fused-ring (bicyclic) bond motifs is 1. The summed E-state index contributed by atoms with van der Waals surface area (Å²) in [6, 6.07) is 10.9. The number of nitrogens with zero attached hydrogens (tertiary/aromatic N) is 3. The van der Waals surface area contributed by atoms with Gasteiger partial charge in [-0.2, -0.15) is 30.5 Å². The summed E-state index contributed by atoms with van der Waals surface area (Å²) >= 11 is 0.847. The van der Waals surface area contributed by atoms with Crippen LogP contribution in [0.2, 0.25) is 0 Å². The topological polar surface area (TPSA) is 267 Å². The van der Waals surface area contributed by atoms with Gasteiger partial charge in [0.15, 0.2) is 0 Å². The molecule has 1 aromatic heterocycles. The number of anilines is 2. The van der Waals surface area contributed by atoms with Gasteiger partial charge in [0.1, 0.15) is 25.9 Å². The van der Waals surface area contributed by atoms with E-state index in [0.717, 1.165) is 23.5 Å². The van der Waals surface area contributed by atoms with Crippen LogP contribution in [0, 0.1) is 11.3 Å². The SMILES string of the molecule is CC(=O)Nc1ccc(-c2c(N=Nc3cc(S(=O)(=O)O)c4cc(S(=O)(=O)O)cc(S(=O)(=O)O)c4c3)sc(N)c2C#N)cc1. The average Bonchev–Trinajstić information content (AvgIpc) is 3.19. The maximum atomic E-state index is 12.2. The van der Waals surface area contributed by atoms with Crippen LogP contribution < -0.4 is 11.1 Å². The second-order valence-corrected chi connectivity index (χ2v) is 13.7. The Hall–Kier alpha value is -4.29. The quantitative estimate of drug-likeness (QED) is 0.139. The number of nitrogens with two attached hydrogens (primary N) is 1. The molecule has 3 aromatic carbocycles. The van der Waals surface area contributed by atoms with E-state index in [4.69, 9.17) is 5.73 Å². The van der Waals surface area contributed by atoms with Gasteiger partial charge in [-0.15, -0.1) is 10.2 Å². The van der Waals surface area contributed by atoms with E-state index in [0.29, 0.717) is 23.4 Å². The summed E-state index contributed by atoms with van der Waals surface area (Å²) in [5.74, 6) is -0.305. The molecule has 0 fully saturated rings. The van der Waals surface area contributed by atoms with Crippen LogP contribution >= 0.6 is 11.3 Å². The maximum Gasteiger partial charge on any atom is 0.295 e. The van der Waals surface area contributed by atoms with Crippen molar-refractivity contribution in [2.24, 2.45) is 10.2 Å². The molecule has 42 heavy (non-hydrogen) atoms. The minimum Gasteiger partial charge on any atom is -0.389 e. The number of nitrogen functional groups attached to an aromatic ring is 1. The van der Waals surface area contributed by atoms with Gasteiger partial charge >= 0.3 is 0 Å². The van der Waals surface area contributed by atoms with Gasteiger partial charge in [-0.05, 0) is 42.0 Å². The number of azo groups is 1. The first-order valence-electron chi connectivity index (χ1n) is 11.1. The molecular formula is C23H17N5O10S4. The third kappa shape index (κ3) is 6.29. The Labute approximate surface area is 242 Å². The van der Waals surface area contributed by atoms with Crippen LogP contribution in [0.25, 0.3) is 21.9 Å². The molecule has 0 aliphatic heterocycles. The smallest absolute Gasteiger partial charge is 0.295 e. The van der Waals surface area contributed by atoms with E-state index < -0.39 is 55.8 Å². The minimum atomic E-state index is -5.22. The summed E-state index contributed by atoms with van der Waals surface area (Å²) in [4.78, 5) is 8.12. The number of carbonyl (C=O) groups is 1. The molecule has 6 N–H and O–H groups in total. The van der Waals surface area contributed by atoms with E-state index in [1.165, 1.54) is 6.92 Å². The molecule has 0 saturated carbocycles. The van der Waals surface area contributed by atoms with Crippen LogP contribution in [0.3, 0.4) is 0 Å². The molecule has 0 aliphatic carbocycles. The Morgan fingerprint density at radius 1 is 0.881 bits per heavy atom. The highest BCUT2D eigenvalue weighted by molar-refractivity contribution is 7.87. The lowest BCUT2D eigenvalue weighted by Gasteiger charge is -2.11. The second kappa shape index (κ2) is 10.8. The van der Waals surface area contributed by atoms with Gasteiger partial charge in [0, 0.05) is 28.9 Å². The highest BCUT2D eigenvalue weighted by Crippen LogP contribution is 2.45. The van der Waals surface area contributed by atoms with Gasteiger partial charge in [0.2, 0.25) is 5.91 Å². The van der Waals surface area contributed by atoms with Crippen LogP contribution in [0.5, 0.6) is 0 Å². The van der Waals surface area contributed by atoms with E-state index in [-0.39, 0.29) is 32.7 Å². The van der Waals surface area contributed by atoms with Crippen LogP contribution in [0.1, 0.15) is 12.5 Å². The molecule has 1 amide bonds. The fourth-order valence-electron chi connectivity index (χ4n) is 3.90. The Bertz CT molecular complexity index is 2180. The molecule has 4 rings (SSSR count). The van der Waals surface area contributed by atoms with Crippen molar-refractivity contribution in [3.63, 3.8) is 0 Å². The molecule has 218 valence electrons. The summed E-state index contributed by atoms with van der Waals surface area (Å²) < 4.78 is 101. The lowest BCUT2D eigenvalue weighted by atomic mass is 10.0. The number of rotatable bonds is 7. The van der Waals surface area contributed by atoms with Crippen molar-refractivity contribution in [2.75, 3.05) is 11.1 Å². The van der Waals surface area contributed by atoms with Crippen LogP contribution in [0.15, 0.2) is 73.4 Å². The normalized spacial score (nSPS) is 12.5. The van der Waals surface area contributed by atoms with Crippen molar-refractivity contribution in [1.82, 2.24) is 0 Å². The second-order valence-electron chi connectivity index (χ2n) is 8.48. The number of thiophene rings is 1. The van der Waals surface area contributed by atoms with Gasteiger partial charge in [-0.1, -0.05) is 23.5 Å². The molecule has 0 aliphatic rings. The van der Waals surface area contributed by atoms with Crippen molar-refractivity contribution in [3.8, 4) is 17.2 Å². The minimum absolute atomic E-state index is 0.0461. The fraction of sp³-hybridized carbons (Fsp3) is 0.0435. The molecule has 0 saturated heterocycles. The van der Waals surface area contributed by atoms with Gasteiger partial charge < -0.3 is 11.1 Å². The largest absolute Gasteiger partial charge is 0.389 e. The maximum absolute atomic E-state index is 12.2. The van der Waals surface area contributed by atoms with E-state index in [9.17, 15) is 49.0 Å². The predicted octanol–water partition coefficient (Wildman–Crippen LogP) is 4.14. The van der Waals surface area contributed by atoms with E-state index in [1.807, 2.05) is 6.07 Å². The zero-order chi connectivity index (χ0) is 31.2. The molecule has 0 unspecified atom stereocenters. The van der Waals surface area contributed by atoms with Gasteiger partial charge in [0.05, 0.1) is 16.1 Å². The number of amides is 1. The number of hydrogen-bond acceptors (Lipinski definition) is 12. The average molecular weight is 652 g/mol. The zero-order valence-electron chi connectivity index (χ0n) is 20.9. The van der Waals surface area contributed by atoms with Crippen molar-refractivity contribution in [3.05, 3.63) is 54.1 Å². The Morgan fingerprint density at radius 2 is 1.45 bits per heavy atom. The van der Waals surface area contributed by atoms with Gasteiger partial charge in [-0.3, -0.25) is 18.5 Å². The van der Waals surface area contributed by atoms with Crippen LogP contribution in [0.4, 0.5) is 21.4 Å². The monoisotopic (exact) mass is 651 g/mol. The third-order valence-electron chi connectivity index (χ3n) is 5.58. The Kier molecular flexibility index (Phi) is 7.92. The first-order chi connectivity index (χ1) is 19.4. The highest BCUT2D eigenvalue weighted by atomic mass is 32.2. The Morgan fingerprint density at radius 3 is 1.98 bits per heavy atom. The number of nitriles is 1.